The average Bonchev–Trinajstić information content (AvgIpc) is 3.47. The van der Waals surface area contributed by atoms with Crippen molar-refractivity contribution in [1.82, 2.24) is 9.80 Å². The highest BCUT2D eigenvalue weighted by Gasteiger charge is 2.66. The van der Waals surface area contributed by atoms with E-state index in [9.17, 15) is 19.8 Å². The summed E-state index contributed by atoms with van der Waals surface area (Å²) in [5.74, 6) is 0.381. The average molecular weight is 509 g/mol. The van der Waals surface area contributed by atoms with Gasteiger partial charge in [-0.25, -0.2) is 4.79 Å². The van der Waals surface area contributed by atoms with Gasteiger partial charge in [0, 0.05) is 24.6 Å². The maximum atomic E-state index is 12.7. The summed E-state index contributed by atoms with van der Waals surface area (Å²) in [7, 11) is 1.79. The minimum Gasteiger partial charge on any atom is -0.423 e. The van der Waals surface area contributed by atoms with Crippen molar-refractivity contribution in [2.24, 2.45) is 22.7 Å². The molecule has 4 unspecified atom stereocenters. The lowest BCUT2D eigenvalue weighted by molar-refractivity contribution is -0.167. The molecule has 1 amide bonds. The first-order valence-electron chi connectivity index (χ1n) is 13.3. The number of epoxide rings is 1. The van der Waals surface area contributed by atoms with Crippen molar-refractivity contribution in [3.63, 3.8) is 0 Å². The van der Waals surface area contributed by atoms with Gasteiger partial charge in [0.05, 0.1) is 37.0 Å². The number of hydrogen-bond acceptors (Lipinski definition) is 7. The fourth-order valence-electron chi connectivity index (χ4n) is 7.71. The summed E-state index contributed by atoms with van der Waals surface area (Å²) < 4.78 is 11.6. The van der Waals surface area contributed by atoms with Crippen LogP contribution >= 0.6 is 0 Å². The summed E-state index contributed by atoms with van der Waals surface area (Å²) in [6, 6.07) is 0. The summed E-state index contributed by atoms with van der Waals surface area (Å²) >= 11 is 0. The standard InChI is InChI=1S/C29H36N2O6/c1-27-10-9-23(33)28(2,16-32)21(27)8-11-29(17-36-29)22(27)6-5-19-13-20(37-26(19)35)12-18-4-7-24-30(3)25(34)15-31(24)14-18/h4-7,12-14,21-24,32-33H,8-11,15-17H2,1-3H3/t21?,22?,23-,24?,27+,28+,29?/m1/s1. The van der Waals surface area contributed by atoms with Crippen LogP contribution in [0.1, 0.15) is 39.5 Å². The highest BCUT2D eigenvalue weighted by molar-refractivity contribution is 5.95. The quantitative estimate of drug-likeness (QED) is 0.444. The molecule has 8 nitrogen and oxygen atoms in total. The zero-order valence-corrected chi connectivity index (χ0v) is 21.7. The lowest BCUT2D eigenvalue weighted by atomic mass is 9.45. The van der Waals surface area contributed by atoms with Crippen LogP contribution in [0.2, 0.25) is 0 Å². The first kappa shape index (κ1) is 24.6. The molecular formula is C29H36N2O6. The molecule has 2 aliphatic carbocycles. The van der Waals surface area contributed by atoms with Gasteiger partial charge in [0.25, 0.3) is 0 Å². The van der Waals surface area contributed by atoms with E-state index in [-0.39, 0.29) is 47.5 Å². The molecule has 0 aromatic heterocycles. The molecule has 0 bridgehead atoms. The van der Waals surface area contributed by atoms with Crippen molar-refractivity contribution in [1.29, 1.82) is 0 Å². The number of aliphatic hydroxyl groups is 2. The van der Waals surface area contributed by atoms with Crippen LogP contribution in [0.3, 0.4) is 0 Å². The Labute approximate surface area is 217 Å². The molecule has 0 aromatic carbocycles. The maximum absolute atomic E-state index is 12.7. The van der Waals surface area contributed by atoms with Gasteiger partial charge in [-0.15, -0.1) is 0 Å². The van der Waals surface area contributed by atoms with Crippen LogP contribution in [0.5, 0.6) is 0 Å². The molecule has 0 radical (unpaired) electrons. The highest BCUT2D eigenvalue weighted by Crippen LogP contribution is 2.65. The second-order valence-corrected chi connectivity index (χ2v) is 12.1. The fourth-order valence-corrected chi connectivity index (χ4v) is 7.71. The first-order chi connectivity index (χ1) is 17.6. The van der Waals surface area contributed by atoms with Gasteiger partial charge >= 0.3 is 5.97 Å². The molecule has 4 heterocycles. The van der Waals surface area contributed by atoms with Crippen LogP contribution in [0.15, 0.2) is 59.6 Å². The molecular weight excluding hydrogens is 472 g/mol. The van der Waals surface area contributed by atoms with Crippen LogP contribution in [0.4, 0.5) is 0 Å². The Balaban J connectivity index is 1.24. The molecule has 4 aliphatic heterocycles. The number of likely N-dealkylation sites (N-methyl/N-ethyl adjacent to an activating group) is 1. The Morgan fingerprint density at radius 1 is 1.22 bits per heavy atom. The number of hydrogen-bond donors (Lipinski definition) is 2. The molecule has 6 rings (SSSR count). The number of amides is 1. The second-order valence-electron chi connectivity index (χ2n) is 12.1. The molecule has 8 heteroatoms. The molecule has 6 aliphatic rings. The fraction of sp³-hybridized carbons (Fsp3) is 0.586. The van der Waals surface area contributed by atoms with Gasteiger partial charge in [-0.1, -0.05) is 32.1 Å². The van der Waals surface area contributed by atoms with Crippen molar-refractivity contribution in [3.05, 3.63) is 59.6 Å². The van der Waals surface area contributed by atoms with Crippen LogP contribution in [-0.2, 0) is 19.1 Å². The SMILES string of the molecule is CN1C(=O)CN2C=C(C=C3C=C(C=CC4C5(CCC6[C@]4(C)CC[C@@H](O)[C@@]6(C)CO)CO5)C(=O)O3)C=CC21. The topological polar surface area (TPSA) is 103 Å². The van der Waals surface area contributed by atoms with E-state index in [0.717, 1.165) is 24.8 Å². The van der Waals surface area contributed by atoms with E-state index in [0.29, 0.717) is 30.9 Å². The summed E-state index contributed by atoms with van der Waals surface area (Å²) in [4.78, 5) is 28.4. The van der Waals surface area contributed by atoms with E-state index in [2.05, 4.69) is 13.0 Å². The van der Waals surface area contributed by atoms with Crippen molar-refractivity contribution in [2.45, 2.75) is 57.4 Å². The molecule has 1 spiro atoms. The minimum atomic E-state index is -0.550. The van der Waals surface area contributed by atoms with Gasteiger partial charge in [-0.3, -0.25) is 4.79 Å². The molecule has 198 valence electrons. The van der Waals surface area contributed by atoms with Crippen molar-refractivity contribution in [3.8, 4) is 0 Å². The normalized spacial score (nSPS) is 43.9. The van der Waals surface area contributed by atoms with Gasteiger partial charge in [-0.05, 0) is 60.8 Å². The molecule has 2 N–H and O–H groups in total. The zero-order valence-electron chi connectivity index (χ0n) is 21.7. The Hall–Kier alpha value is -2.68. The van der Waals surface area contributed by atoms with Crippen molar-refractivity contribution >= 4 is 11.9 Å². The molecule has 37 heavy (non-hydrogen) atoms. The predicted octanol–water partition coefficient (Wildman–Crippen LogP) is 2.42. The van der Waals surface area contributed by atoms with Crippen LogP contribution in [0, 0.1) is 22.7 Å². The van der Waals surface area contributed by atoms with Gasteiger partial charge in [0.15, 0.2) is 0 Å². The van der Waals surface area contributed by atoms with Crippen LogP contribution < -0.4 is 0 Å². The number of ether oxygens (including phenoxy) is 2. The summed E-state index contributed by atoms with van der Waals surface area (Å²) in [5, 5.41) is 21.0. The lowest BCUT2D eigenvalue weighted by Crippen LogP contribution is -2.60. The summed E-state index contributed by atoms with van der Waals surface area (Å²) in [6.07, 6.45) is 16.1. The smallest absolute Gasteiger partial charge is 0.343 e. The number of nitrogens with zero attached hydrogens (tertiary/aromatic N) is 2. The van der Waals surface area contributed by atoms with Crippen LogP contribution in [0.25, 0.3) is 0 Å². The third-order valence-corrected chi connectivity index (χ3v) is 10.0. The summed E-state index contributed by atoms with van der Waals surface area (Å²) in [5.41, 5.74) is 0.421. The molecule has 4 fully saturated rings. The molecule has 0 aromatic rings. The van der Waals surface area contributed by atoms with E-state index in [1.54, 1.807) is 18.0 Å². The van der Waals surface area contributed by atoms with Crippen LogP contribution in [-0.4, -0.2) is 76.6 Å². The Morgan fingerprint density at radius 3 is 2.73 bits per heavy atom. The van der Waals surface area contributed by atoms with Crippen molar-refractivity contribution < 1.29 is 29.3 Å². The van der Waals surface area contributed by atoms with E-state index in [1.807, 2.05) is 42.3 Å². The number of rotatable bonds is 4. The van der Waals surface area contributed by atoms with Gasteiger partial charge in [-0.2, -0.15) is 0 Å². The number of carbonyl (C=O) groups is 2. The minimum absolute atomic E-state index is 0.0444. The largest absolute Gasteiger partial charge is 0.423 e. The van der Waals surface area contributed by atoms with E-state index in [4.69, 9.17) is 9.47 Å². The summed E-state index contributed by atoms with van der Waals surface area (Å²) in [6.45, 7) is 5.26. The Bertz CT molecular complexity index is 1180. The van der Waals surface area contributed by atoms with Gasteiger partial charge in [0.2, 0.25) is 5.91 Å². The lowest BCUT2D eigenvalue weighted by Gasteiger charge is -2.60. The number of allylic oxidation sites excluding steroid dienone is 4. The number of carbonyl (C=O) groups excluding carboxylic acids is 2. The Morgan fingerprint density at radius 2 is 2.00 bits per heavy atom. The number of cyclic esters (lactones) is 1. The second kappa shape index (κ2) is 8.41. The third kappa shape index (κ3) is 3.75. The first-order valence-corrected chi connectivity index (χ1v) is 13.3. The molecule has 2 saturated carbocycles. The number of aliphatic hydroxyl groups excluding tert-OH is 2. The number of fused-ring (bicyclic) bond motifs is 2. The van der Waals surface area contributed by atoms with Crippen molar-refractivity contribution in [2.75, 3.05) is 26.8 Å². The third-order valence-electron chi connectivity index (χ3n) is 10.0. The monoisotopic (exact) mass is 508 g/mol. The molecule has 2 saturated heterocycles. The zero-order chi connectivity index (χ0) is 26.2. The maximum Gasteiger partial charge on any atom is 0.343 e. The van der Waals surface area contributed by atoms with E-state index >= 15 is 0 Å². The van der Waals surface area contributed by atoms with Gasteiger partial charge in [0.1, 0.15) is 11.9 Å². The predicted molar refractivity (Wildman–Crippen MR) is 135 cm³/mol. The van der Waals surface area contributed by atoms with E-state index in [1.165, 1.54) is 0 Å². The Kier molecular flexibility index (Phi) is 5.60. The van der Waals surface area contributed by atoms with E-state index < -0.39 is 11.5 Å². The van der Waals surface area contributed by atoms with Gasteiger partial charge < -0.3 is 29.5 Å². The molecule has 7 atom stereocenters. The number of esters is 1. The highest BCUT2D eigenvalue weighted by atomic mass is 16.6.